The molecule has 2 amide bonds. The Morgan fingerprint density at radius 1 is 1.02 bits per heavy atom. The first-order valence-electron chi connectivity index (χ1n) is 13.9. The predicted molar refractivity (Wildman–Crippen MR) is 153 cm³/mol. The van der Waals surface area contributed by atoms with Crippen LogP contribution in [0, 0.1) is 11.8 Å². The number of aromatic nitrogens is 4. The van der Waals surface area contributed by atoms with Crippen molar-refractivity contribution in [3.8, 4) is 0 Å². The molecule has 12 nitrogen and oxygen atoms in total. The highest BCUT2D eigenvalue weighted by atomic mass is 28.4. The summed E-state index contributed by atoms with van der Waals surface area (Å²) in [6.07, 6.45) is -0.269. The zero-order valence-electron chi connectivity index (χ0n) is 25.5. The first-order chi connectivity index (χ1) is 18.5. The third kappa shape index (κ3) is 5.29. The van der Waals surface area contributed by atoms with Gasteiger partial charge in [-0.05, 0) is 0 Å². The molecule has 0 aromatic carbocycles. The summed E-state index contributed by atoms with van der Waals surface area (Å²) in [7, 11) is -1.14. The van der Waals surface area contributed by atoms with Crippen molar-refractivity contribution in [2.75, 3.05) is 24.4 Å². The topological polar surface area (TPSA) is 139 Å². The standard InChI is InChI=1S/C27H44N6O6Si/c1-14(2)22(34)29-20-17-21(31-25(30-20)32-23(35)15(3)4)33(13-28-17)24-19(36-11)18-16(38-24)12-37-40(39-18,26(5,6)7)27(8,9)10/h13-16,18-19,24H,12H2,1-11H3,(H2,29,30,31,32,34,35)/t16-,18-,19-,24-/m1/s1. The van der Waals surface area contributed by atoms with Crippen LogP contribution in [-0.2, 0) is 27.9 Å². The minimum absolute atomic E-state index is 0.0582. The number of imidazole rings is 1. The van der Waals surface area contributed by atoms with Crippen LogP contribution in [0.4, 0.5) is 11.8 Å². The van der Waals surface area contributed by atoms with Gasteiger partial charge in [-0.2, -0.15) is 9.97 Å². The van der Waals surface area contributed by atoms with Crippen LogP contribution >= 0.6 is 0 Å². The van der Waals surface area contributed by atoms with E-state index < -0.39 is 20.9 Å². The fraction of sp³-hybridized carbons (Fsp3) is 0.741. The Bertz CT molecular complexity index is 1250. The monoisotopic (exact) mass is 576 g/mol. The molecule has 0 bridgehead atoms. The van der Waals surface area contributed by atoms with Gasteiger partial charge in [-0.25, -0.2) is 4.98 Å². The molecule has 2 fully saturated rings. The van der Waals surface area contributed by atoms with Crippen molar-refractivity contribution in [2.24, 2.45) is 11.8 Å². The molecule has 2 aromatic heterocycles. The van der Waals surface area contributed by atoms with Crippen LogP contribution in [0.3, 0.4) is 0 Å². The second-order valence-electron chi connectivity index (χ2n) is 13.3. The van der Waals surface area contributed by atoms with E-state index in [4.69, 9.17) is 18.3 Å². The van der Waals surface area contributed by atoms with E-state index in [1.54, 1.807) is 45.7 Å². The van der Waals surface area contributed by atoms with Gasteiger partial charge in [0, 0.05) is 29.0 Å². The van der Waals surface area contributed by atoms with E-state index in [1.165, 1.54) is 0 Å². The SMILES string of the molecule is CO[C@@H]1[C@@H]2O[Si](C(C)(C)C)(C(C)(C)C)OC[C@H]2O[C@H]1n1cnc2c(NC(=O)C(C)C)nc(NC(=O)C(C)C)nc21. The molecule has 2 aromatic rings. The van der Waals surface area contributed by atoms with Crippen LogP contribution in [-0.4, -0.2) is 71.9 Å². The lowest BCUT2D eigenvalue weighted by Gasteiger charge is -2.53. The highest BCUT2D eigenvalue weighted by Crippen LogP contribution is 2.56. The van der Waals surface area contributed by atoms with Crippen LogP contribution in [0.15, 0.2) is 6.33 Å². The highest BCUT2D eigenvalue weighted by molar-refractivity contribution is 6.73. The summed E-state index contributed by atoms with van der Waals surface area (Å²) < 4.78 is 27.8. The summed E-state index contributed by atoms with van der Waals surface area (Å²) in [5, 5.41) is 5.16. The van der Waals surface area contributed by atoms with Crippen LogP contribution in [0.1, 0.15) is 75.5 Å². The molecule has 0 saturated carbocycles. The molecular formula is C27H44N6O6Si. The van der Waals surface area contributed by atoms with E-state index in [0.29, 0.717) is 17.8 Å². The summed E-state index contributed by atoms with van der Waals surface area (Å²) >= 11 is 0. The number of hydrogen-bond acceptors (Lipinski definition) is 9. The Balaban J connectivity index is 1.77. The van der Waals surface area contributed by atoms with E-state index in [-0.39, 0.29) is 57.7 Å². The van der Waals surface area contributed by atoms with E-state index in [1.807, 2.05) is 0 Å². The number of nitrogens with zero attached hydrogens (tertiary/aromatic N) is 4. The number of carbonyl (C=O) groups excluding carboxylic acids is 2. The van der Waals surface area contributed by atoms with Gasteiger partial charge in [-0.3, -0.25) is 19.5 Å². The highest BCUT2D eigenvalue weighted by Gasteiger charge is 2.65. The van der Waals surface area contributed by atoms with Gasteiger partial charge in [0.25, 0.3) is 0 Å². The summed E-state index contributed by atoms with van der Waals surface area (Å²) in [6.45, 7) is 20.5. The van der Waals surface area contributed by atoms with Crippen LogP contribution < -0.4 is 10.6 Å². The molecule has 2 N–H and O–H groups in total. The van der Waals surface area contributed by atoms with Crippen LogP contribution in [0.5, 0.6) is 0 Å². The lowest BCUT2D eigenvalue weighted by atomic mass is 10.1. The molecule has 0 spiro atoms. The van der Waals surface area contributed by atoms with Crippen LogP contribution in [0.25, 0.3) is 11.2 Å². The maximum Gasteiger partial charge on any atom is 0.349 e. The van der Waals surface area contributed by atoms with E-state index >= 15 is 0 Å². The average Bonchev–Trinajstić information content (AvgIpc) is 3.42. The van der Waals surface area contributed by atoms with Gasteiger partial charge >= 0.3 is 8.56 Å². The Morgan fingerprint density at radius 2 is 1.62 bits per heavy atom. The summed E-state index contributed by atoms with van der Waals surface area (Å²) in [4.78, 5) is 38.6. The van der Waals surface area contributed by atoms with E-state index in [2.05, 4.69) is 67.1 Å². The zero-order chi connectivity index (χ0) is 29.8. The van der Waals surface area contributed by atoms with Gasteiger partial charge in [0.1, 0.15) is 18.3 Å². The van der Waals surface area contributed by atoms with E-state index in [9.17, 15) is 9.59 Å². The lowest BCUT2D eigenvalue weighted by molar-refractivity contribution is -0.119. The molecule has 2 saturated heterocycles. The summed E-state index contributed by atoms with van der Waals surface area (Å²) in [5.41, 5.74) is 0.755. The van der Waals surface area contributed by atoms with Gasteiger partial charge in [0.05, 0.1) is 12.9 Å². The zero-order valence-corrected chi connectivity index (χ0v) is 26.5. The number of carbonyl (C=O) groups is 2. The number of hydrogen-bond donors (Lipinski definition) is 2. The van der Waals surface area contributed by atoms with Gasteiger partial charge < -0.3 is 23.6 Å². The summed E-state index contributed by atoms with van der Waals surface area (Å²) in [6, 6.07) is 0. The molecule has 13 heteroatoms. The molecule has 4 heterocycles. The van der Waals surface area contributed by atoms with Crippen molar-refractivity contribution in [1.82, 2.24) is 19.5 Å². The molecule has 0 unspecified atom stereocenters. The first-order valence-corrected chi connectivity index (χ1v) is 15.7. The van der Waals surface area contributed by atoms with Gasteiger partial charge in [0.15, 0.2) is 23.2 Å². The van der Waals surface area contributed by atoms with Crippen molar-refractivity contribution in [3.63, 3.8) is 0 Å². The Hall–Kier alpha value is -2.45. The quantitative estimate of drug-likeness (QED) is 0.480. The minimum Gasteiger partial charge on any atom is -0.391 e. The number of fused-ring (bicyclic) bond motifs is 2. The Labute approximate surface area is 237 Å². The van der Waals surface area contributed by atoms with E-state index in [0.717, 1.165) is 0 Å². The number of anilines is 2. The maximum absolute atomic E-state index is 12.6. The second-order valence-corrected chi connectivity index (χ2v) is 18.0. The Kier molecular flexibility index (Phi) is 8.20. The van der Waals surface area contributed by atoms with Crippen molar-refractivity contribution in [2.45, 2.75) is 104 Å². The maximum atomic E-state index is 12.6. The molecule has 2 aliphatic rings. The molecule has 40 heavy (non-hydrogen) atoms. The lowest BCUT2D eigenvalue weighted by Crippen LogP contribution is -2.65. The largest absolute Gasteiger partial charge is 0.391 e. The third-order valence-electron chi connectivity index (χ3n) is 7.51. The third-order valence-corrected chi connectivity index (χ3v) is 12.6. The second kappa shape index (κ2) is 10.7. The first kappa shape index (κ1) is 30.5. The van der Waals surface area contributed by atoms with Crippen molar-refractivity contribution in [1.29, 1.82) is 0 Å². The smallest absolute Gasteiger partial charge is 0.349 e. The van der Waals surface area contributed by atoms with Crippen molar-refractivity contribution < 1.29 is 27.9 Å². The molecule has 0 radical (unpaired) electrons. The minimum atomic E-state index is -2.78. The van der Waals surface area contributed by atoms with Gasteiger partial charge in [0.2, 0.25) is 17.8 Å². The number of methoxy groups -OCH3 is 1. The molecule has 222 valence electrons. The number of amides is 2. The Morgan fingerprint density at radius 3 is 2.17 bits per heavy atom. The van der Waals surface area contributed by atoms with Crippen molar-refractivity contribution >= 4 is 43.3 Å². The molecule has 4 rings (SSSR count). The molecular weight excluding hydrogens is 532 g/mol. The molecule has 4 atom stereocenters. The molecule has 0 aliphatic carbocycles. The predicted octanol–water partition coefficient (Wildman–Crippen LogP) is 4.39. The summed E-state index contributed by atoms with van der Waals surface area (Å²) in [5.74, 6) is -0.790. The fourth-order valence-electron chi connectivity index (χ4n) is 5.56. The van der Waals surface area contributed by atoms with Crippen LogP contribution in [0.2, 0.25) is 10.1 Å². The van der Waals surface area contributed by atoms with Crippen molar-refractivity contribution in [3.05, 3.63) is 6.33 Å². The van der Waals surface area contributed by atoms with Gasteiger partial charge in [-0.15, -0.1) is 0 Å². The molecule has 2 aliphatic heterocycles. The normalized spacial score (nSPS) is 24.9. The fourth-order valence-corrected chi connectivity index (χ4v) is 10.5. The number of rotatable bonds is 6. The number of ether oxygens (including phenoxy) is 2. The average molecular weight is 577 g/mol. The van der Waals surface area contributed by atoms with Gasteiger partial charge in [-0.1, -0.05) is 69.2 Å². The number of nitrogens with one attached hydrogen (secondary N) is 2.